The average molecular weight is 189 g/mol. The number of aliphatic hydroxyl groups excluding tert-OH is 1. The molecule has 0 aromatic carbocycles. The van der Waals surface area contributed by atoms with Crippen molar-refractivity contribution in [1.82, 2.24) is 4.90 Å². The highest BCUT2D eigenvalue weighted by molar-refractivity contribution is 4.54. The second-order valence-electron chi connectivity index (χ2n) is 3.12. The van der Waals surface area contributed by atoms with Gasteiger partial charge < -0.3 is 14.7 Å². The fraction of sp³-hybridized carbons (Fsp3) is 1.00. The van der Waals surface area contributed by atoms with Gasteiger partial charge in [-0.3, -0.25) is 0 Å². The number of hydrogen-bond donors (Lipinski definition) is 1. The maximum atomic E-state index is 8.66. The van der Waals surface area contributed by atoms with Crippen molar-refractivity contribution in [3.05, 3.63) is 0 Å². The van der Waals surface area contributed by atoms with E-state index in [0.717, 1.165) is 45.7 Å². The highest BCUT2D eigenvalue weighted by Gasteiger charge is 2.00. The molecule has 0 radical (unpaired) electrons. The van der Waals surface area contributed by atoms with Gasteiger partial charge in [-0.15, -0.1) is 0 Å². The summed E-state index contributed by atoms with van der Waals surface area (Å²) in [6, 6.07) is 0. The molecule has 0 aromatic rings. The maximum Gasteiger partial charge on any atom is 0.0593 e. The standard InChI is InChI=1S/C10H23NO2/c1-3-9-13-10-7-11(4-2)6-5-8-12/h12H,3-10H2,1-2H3. The maximum absolute atomic E-state index is 8.66. The molecule has 0 fully saturated rings. The highest BCUT2D eigenvalue weighted by atomic mass is 16.5. The smallest absolute Gasteiger partial charge is 0.0593 e. The predicted molar refractivity (Wildman–Crippen MR) is 54.9 cm³/mol. The zero-order valence-electron chi connectivity index (χ0n) is 8.96. The van der Waals surface area contributed by atoms with Crippen molar-refractivity contribution in [2.75, 3.05) is 39.5 Å². The Hall–Kier alpha value is -0.120. The lowest BCUT2D eigenvalue weighted by Crippen LogP contribution is -2.29. The molecule has 0 unspecified atom stereocenters. The summed E-state index contributed by atoms with van der Waals surface area (Å²) in [5.41, 5.74) is 0. The van der Waals surface area contributed by atoms with Gasteiger partial charge in [0.05, 0.1) is 6.61 Å². The quantitative estimate of drug-likeness (QED) is 0.552. The van der Waals surface area contributed by atoms with E-state index in [1.165, 1.54) is 0 Å². The number of nitrogens with zero attached hydrogens (tertiary/aromatic N) is 1. The summed E-state index contributed by atoms with van der Waals surface area (Å²) < 4.78 is 5.39. The molecule has 0 heterocycles. The van der Waals surface area contributed by atoms with Crippen molar-refractivity contribution in [2.45, 2.75) is 26.7 Å². The fourth-order valence-electron chi connectivity index (χ4n) is 1.16. The molecule has 0 saturated carbocycles. The molecular formula is C10H23NO2. The van der Waals surface area contributed by atoms with E-state index >= 15 is 0 Å². The van der Waals surface area contributed by atoms with Crippen LogP contribution in [0.1, 0.15) is 26.7 Å². The topological polar surface area (TPSA) is 32.7 Å². The average Bonchev–Trinajstić information content (AvgIpc) is 2.17. The van der Waals surface area contributed by atoms with Gasteiger partial charge in [-0.25, -0.2) is 0 Å². The summed E-state index contributed by atoms with van der Waals surface area (Å²) in [5, 5.41) is 8.66. The van der Waals surface area contributed by atoms with Crippen LogP contribution in [-0.4, -0.2) is 49.5 Å². The van der Waals surface area contributed by atoms with Crippen LogP contribution < -0.4 is 0 Å². The van der Waals surface area contributed by atoms with Crippen molar-refractivity contribution < 1.29 is 9.84 Å². The van der Waals surface area contributed by atoms with Crippen molar-refractivity contribution in [1.29, 1.82) is 0 Å². The van der Waals surface area contributed by atoms with Crippen LogP contribution >= 0.6 is 0 Å². The molecule has 1 N–H and O–H groups in total. The number of ether oxygens (including phenoxy) is 1. The van der Waals surface area contributed by atoms with Crippen molar-refractivity contribution in [3.8, 4) is 0 Å². The van der Waals surface area contributed by atoms with Gasteiger partial charge in [-0.1, -0.05) is 13.8 Å². The molecular weight excluding hydrogens is 166 g/mol. The van der Waals surface area contributed by atoms with Gasteiger partial charge in [0.1, 0.15) is 0 Å². The molecule has 0 aliphatic rings. The summed E-state index contributed by atoms with van der Waals surface area (Å²) in [5.74, 6) is 0. The minimum Gasteiger partial charge on any atom is -0.396 e. The first-order valence-corrected chi connectivity index (χ1v) is 5.26. The molecule has 0 spiro atoms. The molecule has 0 saturated heterocycles. The van der Waals surface area contributed by atoms with Gasteiger partial charge in [-0.2, -0.15) is 0 Å². The lowest BCUT2D eigenvalue weighted by Gasteiger charge is -2.19. The van der Waals surface area contributed by atoms with Crippen LogP contribution in [0.15, 0.2) is 0 Å². The Morgan fingerprint density at radius 1 is 1.15 bits per heavy atom. The van der Waals surface area contributed by atoms with Crippen LogP contribution in [0.25, 0.3) is 0 Å². The van der Waals surface area contributed by atoms with Crippen LogP contribution in [0.4, 0.5) is 0 Å². The number of aliphatic hydroxyl groups is 1. The largest absolute Gasteiger partial charge is 0.396 e. The molecule has 0 rings (SSSR count). The Morgan fingerprint density at radius 2 is 1.92 bits per heavy atom. The van der Waals surface area contributed by atoms with E-state index in [4.69, 9.17) is 9.84 Å². The molecule has 0 aliphatic carbocycles. The van der Waals surface area contributed by atoms with Crippen LogP contribution in [0.5, 0.6) is 0 Å². The van der Waals surface area contributed by atoms with E-state index in [1.54, 1.807) is 0 Å². The van der Waals surface area contributed by atoms with E-state index < -0.39 is 0 Å². The second-order valence-corrected chi connectivity index (χ2v) is 3.12. The Kier molecular flexibility index (Phi) is 9.87. The Balaban J connectivity index is 3.25. The van der Waals surface area contributed by atoms with Gasteiger partial charge in [0.25, 0.3) is 0 Å². The zero-order valence-corrected chi connectivity index (χ0v) is 8.96. The minimum atomic E-state index is 0.284. The second kappa shape index (κ2) is 9.96. The Bertz CT molecular complexity index is 98.9. The monoisotopic (exact) mass is 189 g/mol. The van der Waals surface area contributed by atoms with Crippen LogP contribution in [-0.2, 0) is 4.74 Å². The van der Waals surface area contributed by atoms with Gasteiger partial charge in [0, 0.05) is 26.3 Å². The molecule has 0 amide bonds. The molecule has 13 heavy (non-hydrogen) atoms. The lowest BCUT2D eigenvalue weighted by molar-refractivity contribution is 0.103. The van der Waals surface area contributed by atoms with E-state index in [0.29, 0.717) is 0 Å². The summed E-state index contributed by atoms with van der Waals surface area (Å²) in [7, 11) is 0. The van der Waals surface area contributed by atoms with Gasteiger partial charge >= 0.3 is 0 Å². The predicted octanol–water partition coefficient (Wildman–Crippen LogP) is 1.12. The van der Waals surface area contributed by atoms with Crippen molar-refractivity contribution in [2.24, 2.45) is 0 Å². The molecule has 0 aliphatic heterocycles. The summed E-state index contributed by atoms with van der Waals surface area (Å²) in [4.78, 5) is 2.30. The first-order valence-electron chi connectivity index (χ1n) is 5.26. The first kappa shape index (κ1) is 12.9. The third-order valence-electron chi connectivity index (χ3n) is 1.98. The normalized spacial score (nSPS) is 11.1. The molecule has 0 bridgehead atoms. The SMILES string of the molecule is CCCOCCN(CC)CCCO. The van der Waals surface area contributed by atoms with Crippen molar-refractivity contribution in [3.63, 3.8) is 0 Å². The fourth-order valence-corrected chi connectivity index (χ4v) is 1.16. The van der Waals surface area contributed by atoms with E-state index in [9.17, 15) is 0 Å². The van der Waals surface area contributed by atoms with Crippen LogP contribution in [0.2, 0.25) is 0 Å². The molecule has 80 valence electrons. The van der Waals surface area contributed by atoms with Gasteiger partial charge in [0.15, 0.2) is 0 Å². The zero-order chi connectivity index (χ0) is 9.94. The summed E-state index contributed by atoms with van der Waals surface area (Å²) >= 11 is 0. The summed E-state index contributed by atoms with van der Waals surface area (Å²) in [6.07, 6.45) is 1.95. The van der Waals surface area contributed by atoms with E-state index in [2.05, 4.69) is 18.7 Å². The van der Waals surface area contributed by atoms with Crippen LogP contribution in [0.3, 0.4) is 0 Å². The third-order valence-corrected chi connectivity index (χ3v) is 1.98. The summed E-state index contributed by atoms with van der Waals surface area (Å²) in [6.45, 7) is 9.20. The van der Waals surface area contributed by atoms with Gasteiger partial charge in [0.2, 0.25) is 0 Å². The lowest BCUT2D eigenvalue weighted by atomic mass is 10.4. The minimum absolute atomic E-state index is 0.284. The van der Waals surface area contributed by atoms with E-state index in [-0.39, 0.29) is 6.61 Å². The van der Waals surface area contributed by atoms with E-state index in [1.807, 2.05) is 0 Å². The Morgan fingerprint density at radius 3 is 2.46 bits per heavy atom. The number of rotatable bonds is 9. The highest BCUT2D eigenvalue weighted by Crippen LogP contribution is 1.91. The first-order chi connectivity index (χ1) is 6.35. The molecule has 0 aromatic heterocycles. The molecule has 3 heteroatoms. The Labute approximate surface area is 81.7 Å². The van der Waals surface area contributed by atoms with Crippen molar-refractivity contribution >= 4 is 0 Å². The third kappa shape index (κ3) is 8.22. The van der Waals surface area contributed by atoms with Crippen LogP contribution in [0, 0.1) is 0 Å². The number of likely N-dealkylation sites (N-methyl/N-ethyl adjacent to an activating group) is 1. The molecule has 3 nitrogen and oxygen atoms in total. The number of hydrogen-bond acceptors (Lipinski definition) is 3. The van der Waals surface area contributed by atoms with Gasteiger partial charge in [-0.05, 0) is 19.4 Å². The molecule has 0 atom stereocenters.